The molecule has 1 aliphatic rings. The summed E-state index contributed by atoms with van der Waals surface area (Å²) in [7, 11) is 1.39. The molecule has 1 saturated carbocycles. The van der Waals surface area contributed by atoms with Gasteiger partial charge in [-0.25, -0.2) is 4.98 Å². The van der Waals surface area contributed by atoms with Gasteiger partial charge in [0.25, 0.3) is 0 Å². The number of fused-ring (bicyclic) bond motifs is 1. The van der Waals surface area contributed by atoms with Gasteiger partial charge in [-0.15, -0.1) is 0 Å². The SMILES string of the molecule is COC(=O)[C@H]1CC[C@@H](Nc2ccc3ncc([N+](=O)[O-])n3n2)C1. The zero-order chi connectivity index (χ0) is 15.7. The Morgan fingerprint density at radius 1 is 1.50 bits per heavy atom. The van der Waals surface area contributed by atoms with Crippen molar-refractivity contribution in [2.45, 2.75) is 25.3 Å². The van der Waals surface area contributed by atoms with Gasteiger partial charge in [-0.2, -0.15) is 0 Å². The van der Waals surface area contributed by atoms with Gasteiger partial charge < -0.3 is 20.2 Å². The molecule has 1 N–H and O–H groups in total. The Kier molecular flexibility index (Phi) is 3.61. The van der Waals surface area contributed by atoms with Crippen LogP contribution in [-0.2, 0) is 9.53 Å². The van der Waals surface area contributed by atoms with E-state index in [0.29, 0.717) is 17.9 Å². The van der Waals surface area contributed by atoms with Gasteiger partial charge in [0.05, 0.1) is 13.0 Å². The van der Waals surface area contributed by atoms with Crippen molar-refractivity contribution in [1.29, 1.82) is 0 Å². The number of carbonyl (C=O) groups excluding carboxylic acids is 1. The fourth-order valence-corrected chi connectivity index (χ4v) is 2.77. The van der Waals surface area contributed by atoms with E-state index in [2.05, 4.69) is 15.4 Å². The Morgan fingerprint density at radius 3 is 3.05 bits per heavy atom. The zero-order valence-electron chi connectivity index (χ0n) is 11.9. The first kappa shape index (κ1) is 14.2. The summed E-state index contributed by atoms with van der Waals surface area (Å²) in [6.07, 6.45) is 3.43. The third-order valence-corrected chi connectivity index (χ3v) is 3.85. The fraction of sp³-hybridized carbons (Fsp3) is 0.462. The molecule has 0 aromatic carbocycles. The quantitative estimate of drug-likeness (QED) is 0.516. The zero-order valence-corrected chi connectivity index (χ0v) is 11.9. The number of nitro groups is 1. The molecule has 9 heteroatoms. The van der Waals surface area contributed by atoms with Crippen LogP contribution in [0.1, 0.15) is 19.3 Å². The van der Waals surface area contributed by atoms with Crippen molar-refractivity contribution in [3.63, 3.8) is 0 Å². The number of imidazole rings is 1. The van der Waals surface area contributed by atoms with E-state index in [0.717, 1.165) is 12.8 Å². The molecular formula is C13H15N5O4. The first-order valence-electron chi connectivity index (χ1n) is 6.92. The maximum Gasteiger partial charge on any atom is 0.368 e. The summed E-state index contributed by atoms with van der Waals surface area (Å²) >= 11 is 0. The Bertz CT molecular complexity index is 728. The predicted molar refractivity (Wildman–Crippen MR) is 76.4 cm³/mol. The van der Waals surface area contributed by atoms with E-state index >= 15 is 0 Å². The van der Waals surface area contributed by atoms with Gasteiger partial charge in [0, 0.05) is 12.1 Å². The molecule has 116 valence electrons. The highest BCUT2D eigenvalue weighted by molar-refractivity contribution is 5.72. The first-order chi connectivity index (χ1) is 10.6. The summed E-state index contributed by atoms with van der Waals surface area (Å²) < 4.78 is 5.94. The smallest absolute Gasteiger partial charge is 0.368 e. The van der Waals surface area contributed by atoms with Crippen molar-refractivity contribution in [3.05, 3.63) is 28.4 Å². The van der Waals surface area contributed by atoms with E-state index < -0.39 is 4.92 Å². The van der Waals surface area contributed by atoms with E-state index in [1.807, 2.05) is 0 Å². The molecule has 0 radical (unpaired) electrons. The molecule has 2 aromatic heterocycles. The maximum absolute atomic E-state index is 11.5. The summed E-state index contributed by atoms with van der Waals surface area (Å²) in [4.78, 5) is 25.8. The van der Waals surface area contributed by atoms with Gasteiger partial charge >= 0.3 is 11.8 Å². The van der Waals surface area contributed by atoms with Crippen molar-refractivity contribution >= 4 is 23.3 Å². The topological polar surface area (TPSA) is 112 Å². The Morgan fingerprint density at radius 2 is 2.32 bits per heavy atom. The normalized spacial score (nSPS) is 21.0. The largest absolute Gasteiger partial charge is 0.469 e. The van der Waals surface area contributed by atoms with Crippen LogP contribution in [0.5, 0.6) is 0 Å². The number of esters is 1. The molecule has 3 rings (SSSR count). The molecule has 9 nitrogen and oxygen atoms in total. The molecule has 2 heterocycles. The second-order valence-electron chi connectivity index (χ2n) is 5.24. The first-order valence-corrected chi connectivity index (χ1v) is 6.92. The van der Waals surface area contributed by atoms with Crippen LogP contribution in [0.2, 0.25) is 0 Å². The van der Waals surface area contributed by atoms with Crippen molar-refractivity contribution in [3.8, 4) is 0 Å². The van der Waals surface area contributed by atoms with Crippen LogP contribution >= 0.6 is 0 Å². The number of carbonyl (C=O) groups is 1. The molecule has 1 aliphatic carbocycles. The minimum Gasteiger partial charge on any atom is -0.469 e. The standard InChI is InChI=1S/C13H15N5O4/c1-22-13(19)8-2-3-9(6-8)15-10-4-5-11-14-7-12(18(20)21)17(11)16-10/h4-5,7-9H,2-3,6H2,1H3,(H,15,16)/t8-,9+/m0/s1. The molecule has 22 heavy (non-hydrogen) atoms. The molecule has 0 spiro atoms. The summed E-state index contributed by atoms with van der Waals surface area (Å²) in [5.74, 6) is 0.0356. The second-order valence-corrected chi connectivity index (χ2v) is 5.24. The monoisotopic (exact) mass is 305 g/mol. The van der Waals surface area contributed by atoms with Gasteiger partial charge in [-0.1, -0.05) is 9.61 Å². The number of nitrogens with one attached hydrogen (secondary N) is 1. The average Bonchev–Trinajstić information content (AvgIpc) is 3.12. The Labute approximate surface area is 125 Å². The predicted octanol–water partition coefficient (Wildman–Crippen LogP) is 1.39. The highest BCUT2D eigenvalue weighted by atomic mass is 16.6. The summed E-state index contributed by atoms with van der Waals surface area (Å²) in [6.45, 7) is 0. The van der Waals surface area contributed by atoms with Gasteiger partial charge in [-0.3, -0.25) is 4.79 Å². The van der Waals surface area contributed by atoms with Gasteiger partial charge in [-0.05, 0) is 30.3 Å². The lowest BCUT2D eigenvalue weighted by Gasteiger charge is -2.12. The van der Waals surface area contributed by atoms with E-state index in [9.17, 15) is 14.9 Å². The van der Waals surface area contributed by atoms with Crippen molar-refractivity contribution < 1.29 is 14.5 Å². The number of ether oxygens (including phenoxy) is 1. The van der Waals surface area contributed by atoms with Crippen LogP contribution in [0.25, 0.3) is 5.65 Å². The van der Waals surface area contributed by atoms with E-state index in [-0.39, 0.29) is 23.7 Å². The van der Waals surface area contributed by atoms with Crippen LogP contribution in [0.15, 0.2) is 18.3 Å². The van der Waals surface area contributed by atoms with Gasteiger partial charge in [0.2, 0.25) is 5.65 Å². The molecule has 2 atom stereocenters. The number of rotatable bonds is 4. The van der Waals surface area contributed by atoms with Crippen LogP contribution in [-0.4, -0.2) is 38.6 Å². The van der Waals surface area contributed by atoms with E-state index in [1.165, 1.54) is 17.8 Å². The average molecular weight is 305 g/mol. The lowest BCUT2D eigenvalue weighted by molar-refractivity contribution is -0.391. The number of nitrogens with zero attached hydrogens (tertiary/aromatic N) is 4. The molecule has 0 saturated heterocycles. The number of hydrogen-bond donors (Lipinski definition) is 1. The Hall–Kier alpha value is -2.71. The van der Waals surface area contributed by atoms with Crippen molar-refractivity contribution in [1.82, 2.24) is 14.6 Å². The van der Waals surface area contributed by atoms with Crippen LogP contribution < -0.4 is 5.32 Å². The number of aromatic nitrogens is 3. The molecule has 2 aromatic rings. The molecule has 1 fully saturated rings. The van der Waals surface area contributed by atoms with E-state index in [4.69, 9.17) is 4.74 Å². The third kappa shape index (κ3) is 2.57. The van der Waals surface area contributed by atoms with Gasteiger partial charge in [0.1, 0.15) is 6.20 Å². The summed E-state index contributed by atoms with van der Waals surface area (Å²) in [5, 5.41) is 18.3. The van der Waals surface area contributed by atoms with Crippen molar-refractivity contribution in [2.75, 3.05) is 12.4 Å². The minimum absolute atomic E-state index is 0.0941. The third-order valence-electron chi connectivity index (χ3n) is 3.85. The maximum atomic E-state index is 11.5. The van der Waals surface area contributed by atoms with Crippen LogP contribution in [0.4, 0.5) is 11.6 Å². The summed E-state index contributed by atoms with van der Waals surface area (Å²) in [6, 6.07) is 3.48. The number of hydrogen-bond acceptors (Lipinski definition) is 7. The molecule has 0 amide bonds. The Balaban J connectivity index is 1.76. The number of methoxy groups -OCH3 is 1. The van der Waals surface area contributed by atoms with Crippen LogP contribution in [0, 0.1) is 16.0 Å². The lowest BCUT2D eigenvalue weighted by atomic mass is 10.1. The summed E-state index contributed by atoms with van der Waals surface area (Å²) in [5.41, 5.74) is 0.413. The van der Waals surface area contributed by atoms with Crippen molar-refractivity contribution in [2.24, 2.45) is 5.92 Å². The van der Waals surface area contributed by atoms with Crippen LogP contribution in [0.3, 0.4) is 0 Å². The highest BCUT2D eigenvalue weighted by Crippen LogP contribution is 2.28. The van der Waals surface area contributed by atoms with Gasteiger partial charge in [0.15, 0.2) is 5.82 Å². The highest BCUT2D eigenvalue weighted by Gasteiger charge is 2.31. The molecular weight excluding hydrogens is 290 g/mol. The van der Waals surface area contributed by atoms with E-state index in [1.54, 1.807) is 12.1 Å². The molecule has 0 unspecified atom stereocenters. The number of anilines is 1. The second kappa shape index (κ2) is 5.58. The lowest BCUT2D eigenvalue weighted by Crippen LogP contribution is -2.19. The molecule has 0 bridgehead atoms. The fourth-order valence-electron chi connectivity index (χ4n) is 2.77. The minimum atomic E-state index is -0.528. The molecule has 0 aliphatic heterocycles.